The summed E-state index contributed by atoms with van der Waals surface area (Å²) in [4.78, 5) is 13.6. The van der Waals surface area contributed by atoms with Gasteiger partial charge in [0.05, 0.1) is 23.3 Å². The highest BCUT2D eigenvalue weighted by atomic mass is 19.1. The first kappa shape index (κ1) is 23.0. The number of aromatic nitrogens is 2. The molecule has 1 unspecified atom stereocenters. The fourth-order valence-electron chi connectivity index (χ4n) is 4.92. The summed E-state index contributed by atoms with van der Waals surface area (Å²) < 4.78 is 16.4. The molecular weight excluding hydrogens is 415 g/mol. The van der Waals surface area contributed by atoms with Crippen molar-refractivity contribution in [1.29, 1.82) is 0 Å². The minimum atomic E-state index is -0.477. The summed E-state index contributed by atoms with van der Waals surface area (Å²) in [7, 11) is 0. The minimum absolute atomic E-state index is 0.182. The van der Waals surface area contributed by atoms with Gasteiger partial charge >= 0.3 is 0 Å². The molecule has 33 heavy (non-hydrogen) atoms. The van der Waals surface area contributed by atoms with E-state index in [1.165, 1.54) is 11.6 Å². The number of amides is 1. The van der Waals surface area contributed by atoms with E-state index in [1.807, 2.05) is 10.7 Å². The topological polar surface area (TPSA) is 59.0 Å². The van der Waals surface area contributed by atoms with Crippen molar-refractivity contribution in [3.8, 4) is 0 Å². The van der Waals surface area contributed by atoms with Crippen molar-refractivity contribution >= 4 is 11.7 Å². The molecule has 0 saturated heterocycles. The molecule has 0 spiro atoms. The molecule has 1 aromatic heterocycles. The molecule has 6 heteroatoms. The van der Waals surface area contributed by atoms with Gasteiger partial charge in [0, 0.05) is 5.56 Å². The molecule has 4 rings (SSSR count). The van der Waals surface area contributed by atoms with Crippen LogP contribution in [-0.2, 0) is 11.1 Å². The standard InChI is InChI=1S/C27H33FN4O/c1-6-27(7-2,19-14-12-18(3)13-15-19)31-25(33)21-17-29-32-24(21)30-23(16-26(32,4)5)20-10-8-9-11-22(20)28/h8-15,17,23,30H,6-7,16H2,1-5H3,(H,31,33). The number of rotatable bonds is 6. The normalized spacial score (nSPS) is 17.2. The summed E-state index contributed by atoms with van der Waals surface area (Å²) in [5.74, 6) is 0.195. The Hall–Kier alpha value is -3.15. The highest BCUT2D eigenvalue weighted by Crippen LogP contribution is 2.41. The Labute approximate surface area is 195 Å². The van der Waals surface area contributed by atoms with Crippen LogP contribution in [0.1, 0.15) is 80.0 Å². The van der Waals surface area contributed by atoms with Crippen molar-refractivity contribution in [1.82, 2.24) is 15.1 Å². The van der Waals surface area contributed by atoms with E-state index in [-0.39, 0.29) is 23.3 Å². The zero-order chi connectivity index (χ0) is 23.8. The molecule has 0 aliphatic carbocycles. The number of nitrogens with zero attached hydrogens (tertiary/aromatic N) is 2. The molecule has 2 aromatic carbocycles. The van der Waals surface area contributed by atoms with Gasteiger partial charge in [-0.1, -0.05) is 61.9 Å². The van der Waals surface area contributed by atoms with E-state index < -0.39 is 5.54 Å². The zero-order valence-electron chi connectivity index (χ0n) is 20.1. The molecule has 0 bridgehead atoms. The summed E-state index contributed by atoms with van der Waals surface area (Å²) in [6, 6.07) is 14.9. The lowest BCUT2D eigenvalue weighted by molar-refractivity contribution is 0.0890. The van der Waals surface area contributed by atoms with Gasteiger partial charge in [0.15, 0.2) is 0 Å². The Morgan fingerprint density at radius 1 is 1.18 bits per heavy atom. The van der Waals surface area contributed by atoms with E-state index in [0.717, 1.165) is 18.4 Å². The number of fused-ring (bicyclic) bond motifs is 1. The fourth-order valence-corrected chi connectivity index (χ4v) is 4.92. The van der Waals surface area contributed by atoms with Gasteiger partial charge in [-0.25, -0.2) is 9.07 Å². The van der Waals surface area contributed by atoms with Crippen molar-refractivity contribution in [2.45, 2.75) is 71.0 Å². The van der Waals surface area contributed by atoms with Gasteiger partial charge in [0.1, 0.15) is 17.2 Å². The number of halogens is 1. The van der Waals surface area contributed by atoms with Gasteiger partial charge in [-0.05, 0) is 51.7 Å². The van der Waals surface area contributed by atoms with E-state index in [0.29, 0.717) is 23.4 Å². The van der Waals surface area contributed by atoms with Crippen molar-refractivity contribution in [2.24, 2.45) is 0 Å². The van der Waals surface area contributed by atoms with Crippen LogP contribution in [0, 0.1) is 12.7 Å². The first-order valence-electron chi connectivity index (χ1n) is 11.7. The molecule has 5 nitrogen and oxygen atoms in total. The number of carbonyl (C=O) groups excluding carboxylic acids is 1. The van der Waals surface area contributed by atoms with Crippen LogP contribution in [0.15, 0.2) is 54.7 Å². The molecule has 3 aromatic rings. The second-order valence-electron chi connectivity index (χ2n) is 9.66. The van der Waals surface area contributed by atoms with Gasteiger partial charge in [0.2, 0.25) is 0 Å². The Bertz CT molecular complexity index is 1150. The van der Waals surface area contributed by atoms with Gasteiger partial charge in [-0.2, -0.15) is 5.10 Å². The largest absolute Gasteiger partial charge is 0.363 e. The number of hydrogen-bond acceptors (Lipinski definition) is 3. The SMILES string of the molecule is CCC(CC)(NC(=O)c1cnn2c1NC(c1ccccc1F)CC2(C)C)c1ccc(C)cc1. The molecule has 1 amide bonds. The lowest BCUT2D eigenvalue weighted by Crippen LogP contribution is -2.45. The molecule has 2 heterocycles. The van der Waals surface area contributed by atoms with Crippen LogP contribution in [0.4, 0.5) is 10.2 Å². The van der Waals surface area contributed by atoms with Gasteiger partial charge in [-0.3, -0.25) is 4.79 Å². The quantitative estimate of drug-likeness (QED) is 0.481. The molecule has 2 N–H and O–H groups in total. The molecule has 0 saturated carbocycles. The number of carbonyl (C=O) groups is 1. The summed E-state index contributed by atoms with van der Waals surface area (Å²) in [5, 5.41) is 11.3. The number of anilines is 1. The number of hydrogen-bond donors (Lipinski definition) is 2. The fraction of sp³-hybridized carbons (Fsp3) is 0.407. The Morgan fingerprint density at radius 3 is 2.48 bits per heavy atom. The highest BCUT2D eigenvalue weighted by molar-refractivity contribution is 5.99. The average Bonchev–Trinajstić information content (AvgIpc) is 3.23. The molecular formula is C27H33FN4O. The third-order valence-electron chi connectivity index (χ3n) is 7.05. The minimum Gasteiger partial charge on any atom is -0.363 e. The summed E-state index contributed by atoms with van der Waals surface area (Å²) in [5.41, 5.74) is 2.49. The molecule has 1 aliphatic rings. The maximum atomic E-state index is 14.6. The molecule has 1 aliphatic heterocycles. The second-order valence-corrected chi connectivity index (χ2v) is 9.66. The van der Waals surface area contributed by atoms with Crippen molar-refractivity contribution in [3.05, 3.63) is 82.8 Å². The lowest BCUT2D eigenvalue weighted by Gasteiger charge is -2.39. The van der Waals surface area contributed by atoms with E-state index in [4.69, 9.17) is 0 Å². The van der Waals surface area contributed by atoms with Crippen LogP contribution < -0.4 is 10.6 Å². The monoisotopic (exact) mass is 448 g/mol. The van der Waals surface area contributed by atoms with E-state index >= 15 is 0 Å². The maximum Gasteiger partial charge on any atom is 0.257 e. The second kappa shape index (κ2) is 8.65. The smallest absolute Gasteiger partial charge is 0.257 e. The molecule has 1 atom stereocenters. The molecule has 0 radical (unpaired) electrons. The van der Waals surface area contributed by atoms with Gasteiger partial charge in [-0.15, -0.1) is 0 Å². The summed E-state index contributed by atoms with van der Waals surface area (Å²) in [6.45, 7) is 10.4. The third kappa shape index (κ3) is 4.14. The Morgan fingerprint density at radius 2 is 1.85 bits per heavy atom. The average molecular weight is 449 g/mol. The van der Waals surface area contributed by atoms with Crippen molar-refractivity contribution in [2.75, 3.05) is 5.32 Å². The molecule has 0 fully saturated rings. The van der Waals surface area contributed by atoms with Crippen LogP contribution in [-0.4, -0.2) is 15.7 Å². The van der Waals surface area contributed by atoms with Gasteiger partial charge < -0.3 is 10.6 Å². The lowest BCUT2D eigenvalue weighted by atomic mass is 9.84. The van der Waals surface area contributed by atoms with Crippen LogP contribution in [0.3, 0.4) is 0 Å². The van der Waals surface area contributed by atoms with E-state index in [9.17, 15) is 9.18 Å². The third-order valence-corrected chi connectivity index (χ3v) is 7.05. The summed E-state index contributed by atoms with van der Waals surface area (Å²) in [6.07, 6.45) is 3.80. The van der Waals surface area contributed by atoms with Crippen molar-refractivity contribution < 1.29 is 9.18 Å². The molecule has 174 valence electrons. The zero-order valence-corrected chi connectivity index (χ0v) is 20.1. The summed E-state index contributed by atoms with van der Waals surface area (Å²) >= 11 is 0. The van der Waals surface area contributed by atoms with Crippen molar-refractivity contribution in [3.63, 3.8) is 0 Å². The van der Waals surface area contributed by atoms with Gasteiger partial charge in [0.25, 0.3) is 5.91 Å². The highest BCUT2D eigenvalue weighted by Gasteiger charge is 2.39. The number of aryl methyl sites for hydroxylation is 1. The first-order valence-corrected chi connectivity index (χ1v) is 11.7. The van der Waals surface area contributed by atoms with Crippen LogP contribution in [0.25, 0.3) is 0 Å². The van der Waals surface area contributed by atoms with E-state index in [2.05, 4.69) is 74.6 Å². The maximum absolute atomic E-state index is 14.6. The first-order chi connectivity index (χ1) is 15.7. The Kier molecular flexibility index (Phi) is 6.04. The van der Waals surface area contributed by atoms with Crippen LogP contribution in [0.2, 0.25) is 0 Å². The van der Waals surface area contributed by atoms with Crippen LogP contribution >= 0.6 is 0 Å². The predicted octanol–water partition coefficient (Wildman–Crippen LogP) is 6.07. The number of benzene rings is 2. The van der Waals surface area contributed by atoms with Crippen LogP contribution in [0.5, 0.6) is 0 Å². The Balaban J connectivity index is 1.69. The van der Waals surface area contributed by atoms with E-state index in [1.54, 1.807) is 18.3 Å². The predicted molar refractivity (Wildman–Crippen MR) is 130 cm³/mol. The number of nitrogens with one attached hydrogen (secondary N) is 2.